The van der Waals surface area contributed by atoms with Gasteiger partial charge in [0, 0.05) is 37.9 Å². The monoisotopic (exact) mass is 487 g/mol. The van der Waals surface area contributed by atoms with E-state index in [0.29, 0.717) is 30.1 Å². The number of imidazole rings is 1. The number of methoxy groups -OCH3 is 1. The Morgan fingerprint density at radius 3 is 2.58 bits per heavy atom. The molecule has 0 bridgehead atoms. The first kappa shape index (κ1) is 22.5. The normalized spacial score (nSPS) is 16.4. The summed E-state index contributed by atoms with van der Waals surface area (Å²) in [6.07, 6.45) is 0.873. The van der Waals surface area contributed by atoms with Gasteiger partial charge in [0.1, 0.15) is 11.6 Å². The molecule has 1 fully saturated rings. The van der Waals surface area contributed by atoms with Gasteiger partial charge in [-0.1, -0.05) is 30.3 Å². The summed E-state index contributed by atoms with van der Waals surface area (Å²) in [4.78, 5) is 20.0. The van der Waals surface area contributed by atoms with Crippen LogP contribution < -0.4 is 9.47 Å². The number of amides is 1. The lowest BCUT2D eigenvalue weighted by Crippen LogP contribution is -2.42. The standard InChI is InChI=1S/C28H26FN3O4/c1-34-26(18-5-3-2-4-6-18)28(33)31-13-11-21(12-14-31)32-23-9-8-20(29)16-22(23)30-27(32)19-7-10-24-25(15-19)36-17-35-24/h2-10,15-16,21,26H,11-14,17H2,1H3. The second-order valence-corrected chi connectivity index (χ2v) is 9.09. The van der Waals surface area contributed by atoms with Crippen molar-refractivity contribution in [1.29, 1.82) is 0 Å². The highest BCUT2D eigenvalue weighted by Crippen LogP contribution is 2.39. The Kier molecular flexibility index (Phi) is 5.81. The van der Waals surface area contributed by atoms with Crippen molar-refractivity contribution in [2.45, 2.75) is 25.0 Å². The zero-order chi connectivity index (χ0) is 24.6. The van der Waals surface area contributed by atoms with Crippen LogP contribution in [-0.4, -0.2) is 47.4 Å². The Morgan fingerprint density at radius 2 is 1.81 bits per heavy atom. The zero-order valence-electron chi connectivity index (χ0n) is 19.9. The van der Waals surface area contributed by atoms with Crippen molar-refractivity contribution >= 4 is 16.9 Å². The number of piperidine rings is 1. The number of aromatic nitrogens is 2. The molecule has 1 atom stereocenters. The Balaban J connectivity index is 1.29. The molecule has 0 saturated carbocycles. The summed E-state index contributed by atoms with van der Waals surface area (Å²) in [6.45, 7) is 1.38. The minimum atomic E-state index is -0.621. The number of carbonyl (C=O) groups excluding carboxylic acids is 1. The minimum absolute atomic E-state index is 0.0318. The van der Waals surface area contributed by atoms with E-state index in [1.807, 2.05) is 53.4 Å². The summed E-state index contributed by atoms with van der Waals surface area (Å²) < 4.78 is 32.8. The first-order valence-electron chi connectivity index (χ1n) is 12.1. The molecule has 2 aliphatic heterocycles. The van der Waals surface area contributed by atoms with Crippen LogP contribution in [0.1, 0.15) is 30.6 Å². The third-order valence-corrected chi connectivity index (χ3v) is 6.99. The Morgan fingerprint density at radius 1 is 1.03 bits per heavy atom. The number of nitrogens with zero attached hydrogens (tertiary/aromatic N) is 3. The second-order valence-electron chi connectivity index (χ2n) is 9.09. The number of likely N-dealkylation sites (tertiary alicyclic amines) is 1. The number of benzene rings is 3. The van der Waals surface area contributed by atoms with Gasteiger partial charge in [-0.2, -0.15) is 0 Å². The molecule has 0 radical (unpaired) electrons. The molecule has 7 nitrogen and oxygen atoms in total. The maximum absolute atomic E-state index is 14.0. The largest absolute Gasteiger partial charge is 0.454 e. The Bertz CT molecular complexity index is 1410. The predicted molar refractivity (Wildman–Crippen MR) is 132 cm³/mol. The summed E-state index contributed by atoms with van der Waals surface area (Å²) in [6, 6.07) is 20.1. The fraction of sp³-hybridized carbons (Fsp3) is 0.286. The van der Waals surface area contributed by atoms with Crippen LogP contribution in [0.4, 0.5) is 4.39 Å². The van der Waals surface area contributed by atoms with Crippen molar-refractivity contribution < 1.29 is 23.4 Å². The number of hydrogen-bond donors (Lipinski definition) is 0. The number of rotatable bonds is 5. The van der Waals surface area contributed by atoms with Crippen LogP contribution in [0, 0.1) is 5.82 Å². The molecule has 4 aromatic rings. The smallest absolute Gasteiger partial charge is 0.256 e. The molecule has 36 heavy (non-hydrogen) atoms. The van der Waals surface area contributed by atoms with Crippen molar-refractivity contribution in [3.8, 4) is 22.9 Å². The lowest BCUT2D eigenvalue weighted by molar-refractivity contribution is -0.143. The van der Waals surface area contributed by atoms with E-state index in [2.05, 4.69) is 4.57 Å². The number of carbonyl (C=O) groups is 1. The average molecular weight is 488 g/mol. The highest BCUT2D eigenvalue weighted by atomic mass is 19.1. The number of halogens is 1. The maximum atomic E-state index is 14.0. The summed E-state index contributed by atoms with van der Waals surface area (Å²) in [5.74, 6) is 1.76. The molecule has 0 spiro atoms. The molecule has 8 heteroatoms. The van der Waals surface area contributed by atoms with E-state index in [9.17, 15) is 9.18 Å². The minimum Gasteiger partial charge on any atom is -0.454 e. The van der Waals surface area contributed by atoms with Crippen molar-refractivity contribution in [3.63, 3.8) is 0 Å². The lowest BCUT2D eigenvalue weighted by Gasteiger charge is -2.35. The van der Waals surface area contributed by atoms with Gasteiger partial charge in [-0.25, -0.2) is 9.37 Å². The summed E-state index contributed by atoms with van der Waals surface area (Å²) in [5.41, 5.74) is 3.19. The summed E-state index contributed by atoms with van der Waals surface area (Å²) >= 11 is 0. The van der Waals surface area contributed by atoms with E-state index in [-0.39, 0.29) is 24.6 Å². The third kappa shape index (κ3) is 3.97. The van der Waals surface area contributed by atoms with Crippen molar-refractivity contribution in [1.82, 2.24) is 14.5 Å². The molecule has 3 aromatic carbocycles. The van der Waals surface area contributed by atoms with E-state index in [1.54, 1.807) is 13.2 Å². The molecule has 1 aromatic heterocycles. The summed E-state index contributed by atoms with van der Waals surface area (Å²) in [7, 11) is 1.57. The molecule has 2 aliphatic rings. The predicted octanol–water partition coefficient (Wildman–Crippen LogP) is 5.12. The molecule has 1 unspecified atom stereocenters. The summed E-state index contributed by atoms with van der Waals surface area (Å²) in [5, 5.41) is 0. The van der Waals surface area contributed by atoms with Crippen LogP contribution >= 0.6 is 0 Å². The highest BCUT2D eigenvalue weighted by Gasteiger charge is 2.31. The van der Waals surface area contributed by atoms with Gasteiger partial charge in [0.05, 0.1) is 11.0 Å². The molecule has 6 rings (SSSR count). The fourth-order valence-electron chi connectivity index (χ4n) is 5.20. The van der Waals surface area contributed by atoms with Crippen molar-refractivity contribution in [2.75, 3.05) is 27.0 Å². The van der Waals surface area contributed by atoms with Gasteiger partial charge in [-0.05, 0) is 48.7 Å². The number of hydrogen-bond acceptors (Lipinski definition) is 5. The van der Waals surface area contributed by atoms with Gasteiger partial charge in [-0.15, -0.1) is 0 Å². The quantitative estimate of drug-likeness (QED) is 0.391. The molecular formula is C28H26FN3O4. The van der Waals surface area contributed by atoms with Gasteiger partial charge >= 0.3 is 0 Å². The van der Waals surface area contributed by atoms with E-state index < -0.39 is 6.10 Å². The number of fused-ring (bicyclic) bond motifs is 2. The van der Waals surface area contributed by atoms with Crippen LogP contribution in [-0.2, 0) is 9.53 Å². The first-order chi connectivity index (χ1) is 17.6. The fourth-order valence-corrected chi connectivity index (χ4v) is 5.20. The Labute approximate surface area is 208 Å². The van der Waals surface area contributed by atoms with Crippen LogP contribution in [0.15, 0.2) is 66.7 Å². The van der Waals surface area contributed by atoms with Crippen molar-refractivity contribution in [3.05, 3.63) is 78.1 Å². The van der Waals surface area contributed by atoms with Gasteiger partial charge in [0.25, 0.3) is 5.91 Å². The highest BCUT2D eigenvalue weighted by molar-refractivity contribution is 5.83. The van der Waals surface area contributed by atoms with Gasteiger partial charge in [0.2, 0.25) is 6.79 Å². The van der Waals surface area contributed by atoms with Gasteiger partial charge in [-0.3, -0.25) is 4.79 Å². The molecule has 1 amide bonds. The Hall–Kier alpha value is -3.91. The topological polar surface area (TPSA) is 65.8 Å². The molecule has 0 N–H and O–H groups in total. The first-order valence-corrected chi connectivity index (χ1v) is 12.1. The van der Waals surface area contributed by atoms with Crippen LogP contribution in [0.2, 0.25) is 0 Å². The van der Waals surface area contributed by atoms with Gasteiger partial charge in [0.15, 0.2) is 17.6 Å². The zero-order valence-corrected chi connectivity index (χ0v) is 19.9. The van der Waals surface area contributed by atoms with Crippen LogP contribution in [0.5, 0.6) is 11.5 Å². The van der Waals surface area contributed by atoms with E-state index in [4.69, 9.17) is 19.2 Å². The lowest BCUT2D eigenvalue weighted by atomic mass is 10.0. The van der Waals surface area contributed by atoms with Crippen molar-refractivity contribution in [2.24, 2.45) is 0 Å². The van der Waals surface area contributed by atoms with Gasteiger partial charge < -0.3 is 23.7 Å². The third-order valence-electron chi connectivity index (χ3n) is 6.99. The molecule has 184 valence electrons. The number of ether oxygens (including phenoxy) is 3. The SMILES string of the molecule is COC(C(=O)N1CCC(n2c(-c3ccc4c(c3)OCO4)nc3cc(F)ccc32)CC1)c1ccccc1. The van der Waals surface area contributed by atoms with E-state index in [0.717, 1.165) is 35.3 Å². The second kappa shape index (κ2) is 9.28. The molecule has 3 heterocycles. The van der Waals surface area contributed by atoms with E-state index in [1.165, 1.54) is 12.1 Å². The van der Waals surface area contributed by atoms with E-state index >= 15 is 0 Å². The molecular weight excluding hydrogens is 461 g/mol. The average Bonchev–Trinajstić information content (AvgIpc) is 3.53. The maximum Gasteiger partial charge on any atom is 0.256 e. The van der Waals surface area contributed by atoms with Crippen LogP contribution in [0.25, 0.3) is 22.4 Å². The molecule has 0 aliphatic carbocycles. The molecule has 1 saturated heterocycles. The van der Waals surface area contributed by atoms with Crippen LogP contribution in [0.3, 0.4) is 0 Å².